The molecule has 18 heavy (non-hydrogen) atoms. The van der Waals surface area contributed by atoms with E-state index >= 15 is 0 Å². The summed E-state index contributed by atoms with van der Waals surface area (Å²) in [5, 5.41) is 7.24. The van der Waals surface area contributed by atoms with Gasteiger partial charge in [0.25, 0.3) is 0 Å². The Kier molecular flexibility index (Phi) is 4.09. The molecule has 0 aliphatic carbocycles. The standard InChI is InChI=1S/C11H14ClN5O/c1-3-8-16-10(12)7(2)11(17-8)13-5-4-9-14-6-15-18-9/h6H,3-5H2,1-2H3,(H,13,16,17). The summed E-state index contributed by atoms with van der Waals surface area (Å²) in [5.41, 5.74) is 0.847. The summed E-state index contributed by atoms with van der Waals surface area (Å²) in [6.07, 6.45) is 2.78. The van der Waals surface area contributed by atoms with Gasteiger partial charge in [0, 0.05) is 24.9 Å². The molecule has 6 nitrogen and oxygen atoms in total. The zero-order valence-corrected chi connectivity index (χ0v) is 11.0. The predicted molar refractivity (Wildman–Crippen MR) is 67.6 cm³/mol. The van der Waals surface area contributed by atoms with E-state index in [1.807, 2.05) is 13.8 Å². The van der Waals surface area contributed by atoms with Crippen LogP contribution >= 0.6 is 11.6 Å². The van der Waals surface area contributed by atoms with E-state index in [9.17, 15) is 0 Å². The molecule has 0 aromatic carbocycles. The number of hydrogen-bond acceptors (Lipinski definition) is 6. The van der Waals surface area contributed by atoms with Gasteiger partial charge >= 0.3 is 0 Å². The lowest BCUT2D eigenvalue weighted by Crippen LogP contribution is -2.10. The topological polar surface area (TPSA) is 76.7 Å². The van der Waals surface area contributed by atoms with Gasteiger partial charge in [0.2, 0.25) is 5.89 Å². The largest absolute Gasteiger partial charge is 0.369 e. The van der Waals surface area contributed by atoms with Gasteiger partial charge in [-0.15, -0.1) is 0 Å². The van der Waals surface area contributed by atoms with Crippen LogP contribution in [0.3, 0.4) is 0 Å². The minimum Gasteiger partial charge on any atom is -0.369 e. The normalized spacial score (nSPS) is 10.6. The third kappa shape index (κ3) is 2.95. The minimum absolute atomic E-state index is 0.488. The molecule has 0 unspecified atom stereocenters. The van der Waals surface area contributed by atoms with E-state index in [1.54, 1.807) is 0 Å². The maximum atomic E-state index is 6.04. The average Bonchev–Trinajstić information content (AvgIpc) is 2.87. The van der Waals surface area contributed by atoms with Crippen molar-refractivity contribution in [1.82, 2.24) is 20.1 Å². The van der Waals surface area contributed by atoms with Crippen LogP contribution in [0.1, 0.15) is 24.2 Å². The van der Waals surface area contributed by atoms with Gasteiger partial charge in [0.1, 0.15) is 16.8 Å². The molecule has 7 heteroatoms. The number of nitrogens with one attached hydrogen (secondary N) is 1. The first-order valence-corrected chi connectivity index (χ1v) is 6.11. The highest BCUT2D eigenvalue weighted by atomic mass is 35.5. The van der Waals surface area contributed by atoms with E-state index in [-0.39, 0.29) is 0 Å². The minimum atomic E-state index is 0.488. The summed E-state index contributed by atoms with van der Waals surface area (Å²) in [7, 11) is 0. The molecular weight excluding hydrogens is 254 g/mol. The second-order valence-corrected chi connectivity index (χ2v) is 4.13. The first-order valence-electron chi connectivity index (χ1n) is 5.73. The van der Waals surface area contributed by atoms with Crippen LogP contribution in [0.2, 0.25) is 5.15 Å². The van der Waals surface area contributed by atoms with Crippen molar-refractivity contribution in [2.45, 2.75) is 26.7 Å². The first kappa shape index (κ1) is 12.8. The van der Waals surface area contributed by atoms with Crippen LogP contribution in [-0.2, 0) is 12.8 Å². The predicted octanol–water partition coefficient (Wildman–Crippen LogP) is 2.04. The SMILES string of the molecule is CCc1nc(Cl)c(C)c(NCCc2ncno2)n1. The Labute approximate surface area is 110 Å². The molecule has 2 aromatic heterocycles. The van der Waals surface area contributed by atoms with E-state index in [4.69, 9.17) is 16.1 Å². The van der Waals surface area contributed by atoms with Crippen molar-refractivity contribution in [3.05, 3.63) is 28.8 Å². The number of aromatic nitrogens is 4. The number of hydrogen-bond donors (Lipinski definition) is 1. The van der Waals surface area contributed by atoms with Crippen LogP contribution in [0.4, 0.5) is 5.82 Å². The van der Waals surface area contributed by atoms with Crippen LogP contribution in [0.15, 0.2) is 10.9 Å². The molecule has 0 saturated heterocycles. The summed E-state index contributed by atoms with van der Waals surface area (Å²) >= 11 is 6.04. The smallest absolute Gasteiger partial charge is 0.228 e. The molecule has 0 amide bonds. The van der Waals surface area contributed by atoms with Gasteiger partial charge in [-0.2, -0.15) is 4.98 Å². The van der Waals surface area contributed by atoms with Crippen molar-refractivity contribution in [2.75, 3.05) is 11.9 Å². The van der Waals surface area contributed by atoms with Gasteiger partial charge in [-0.3, -0.25) is 0 Å². The highest BCUT2D eigenvalue weighted by molar-refractivity contribution is 6.30. The maximum Gasteiger partial charge on any atom is 0.228 e. The third-order valence-corrected chi connectivity index (χ3v) is 2.86. The summed E-state index contributed by atoms with van der Waals surface area (Å²) in [5.74, 6) is 2.08. The lowest BCUT2D eigenvalue weighted by Gasteiger charge is -2.09. The van der Waals surface area contributed by atoms with Crippen molar-refractivity contribution >= 4 is 17.4 Å². The van der Waals surface area contributed by atoms with Gasteiger partial charge in [0.15, 0.2) is 6.33 Å². The summed E-state index contributed by atoms with van der Waals surface area (Å²) in [6, 6.07) is 0. The molecule has 2 aromatic rings. The monoisotopic (exact) mass is 267 g/mol. The third-order valence-electron chi connectivity index (χ3n) is 2.49. The quantitative estimate of drug-likeness (QED) is 0.836. The second-order valence-electron chi connectivity index (χ2n) is 3.77. The average molecular weight is 268 g/mol. The maximum absolute atomic E-state index is 6.04. The van der Waals surface area contributed by atoms with Crippen LogP contribution in [0, 0.1) is 6.92 Å². The Morgan fingerprint density at radius 2 is 2.22 bits per heavy atom. The lowest BCUT2D eigenvalue weighted by atomic mass is 10.3. The van der Waals surface area contributed by atoms with Crippen molar-refractivity contribution in [1.29, 1.82) is 0 Å². The molecule has 2 rings (SSSR count). The lowest BCUT2D eigenvalue weighted by molar-refractivity contribution is 0.379. The highest BCUT2D eigenvalue weighted by Gasteiger charge is 2.08. The van der Waals surface area contributed by atoms with Crippen LogP contribution in [0.25, 0.3) is 0 Å². The van der Waals surface area contributed by atoms with E-state index < -0.39 is 0 Å². The van der Waals surface area contributed by atoms with Crippen molar-refractivity contribution in [3.63, 3.8) is 0 Å². The fraction of sp³-hybridized carbons (Fsp3) is 0.455. The van der Waals surface area contributed by atoms with E-state index in [2.05, 4.69) is 25.4 Å². The summed E-state index contributed by atoms with van der Waals surface area (Å²) in [6.45, 7) is 4.53. The highest BCUT2D eigenvalue weighted by Crippen LogP contribution is 2.19. The number of anilines is 1. The zero-order valence-electron chi connectivity index (χ0n) is 10.3. The van der Waals surface area contributed by atoms with Crippen molar-refractivity contribution in [3.8, 4) is 0 Å². The molecule has 0 aliphatic rings. The van der Waals surface area contributed by atoms with Gasteiger partial charge in [-0.25, -0.2) is 9.97 Å². The number of nitrogens with zero attached hydrogens (tertiary/aromatic N) is 4. The molecule has 0 saturated carbocycles. The van der Waals surface area contributed by atoms with Gasteiger partial charge in [-0.1, -0.05) is 23.7 Å². The molecule has 0 fully saturated rings. The molecule has 0 bridgehead atoms. The number of aryl methyl sites for hydroxylation is 1. The Bertz CT molecular complexity index is 514. The fourth-order valence-corrected chi connectivity index (χ4v) is 1.64. The Balaban J connectivity index is 2.02. The molecular formula is C11H14ClN5O. The molecule has 2 heterocycles. The Morgan fingerprint density at radius 1 is 1.39 bits per heavy atom. The van der Waals surface area contributed by atoms with Crippen molar-refractivity contribution in [2.24, 2.45) is 0 Å². The molecule has 0 radical (unpaired) electrons. The summed E-state index contributed by atoms with van der Waals surface area (Å²) in [4.78, 5) is 12.5. The molecule has 0 spiro atoms. The fourth-order valence-electron chi connectivity index (χ4n) is 1.46. The zero-order chi connectivity index (χ0) is 13.0. The van der Waals surface area contributed by atoms with Gasteiger partial charge in [0.05, 0.1) is 0 Å². The van der Waals surface area contributed by atoms with Crippen molar-refractivity contribution < 1.29 is 4.52 Å². The molecule has 96 valence electrons. The van der Waals surface area contributed by atoms with E-state index in [0.717, 1.165) is 23.6 Å². The van der Waals surface area contributed by atoms with Crippen LogP contribution < -0.4 is 5.32 Å². The van der Waals surface area contributed by atoms with Crippen LogP contribution in [-0.4, -0.2) is 26.7 Å². The Morgan fingerprint density at radius 3 is 2.89 bits per heavy atom. The molecule has 1 N–H and O–H groups in total. The second kappa shape index (κ2) is 5.77. The van der Waals surface area contributed by atoms with Gasteiger partial charge in [-0.05, 0) is 6.92 Å². The van der Waals surface area contributed by atoms with E-state index in [0.29, 0.717) is 24.0 Å². The first-order chi connectivity index (χ1) is 8.70. The number of halogens is 1. The van der Waals surface area contributed by atoms with Gasteiger partial charge < -0.3 is 9.84 Å². The summed E-state index contributed by atoms with van der Waals surface area (Å²) < 4.78 is 4.91. The van der Waals surface area contributed by atoms with E-state index in [1.165, 1.54) is 6.33 Å². The molecule has 0 aliphatic heterocycles. The Hall–Kier alpha value is -1.69. The van der Waals surface area contributed by atoms with Crippen LogP contribution in [0.5, 0.6) is 0 Å². The number of rotatable bonds is 5. The molecule has 0 atom stereocenters.